The average molecular weight is 333 g/mol. The van der Waals surface area contributed by atoms with Crippen molar-refractivity contribution in [1.82, 2.24) is 4.90 Å². The van der Waals surface area contributed by atoms with Gasteiger partial charge in [-0.15, -0.1) is 0 Å². The number of rotatable bonds is 8. The van der Waals surface area contributed by atoms with Crippen LogP contribution in [0.5, 0.6) is 0 Å². The molecule has 5 heteroatoms. The van der Waals surface area contributed by atoms with Gasteiger partial charge in [-0.2, -0.15) is 0 Å². The van der Waals surface area contributed by atoms with Crippen LogP contribution in [0, 0.1) is 0 Å². The SMILES string of the molecule is C[C@@H](CS(=O)(=O)c1ccccc1)N(CCO)Cc1ccccc1. The maximum absolute atomic E-state index is 12.5. The van der Waals surface area contributed by atoms with Crippen LogP contribution < -0.4 is 0 Å². The van der Waals surface area contributed by atoms with Crippen molar-refractivity contribution in [1.29, 1.82) is 0 Å². The van der Waals surface area contributed by atoms with Gasteiger partial charge in [0.25, 0.3) is 0 Å². The van der Waals surface area contributed by atoms with Crippen LogP contribution in [-0.4, -0.2) is 43.4 Å². The Morgan fingerprint density at radius 2 is 1.57 bits per heavy atom. The van der Waals surface area contributed by atoms with Crippen molar-refractivity contribution in [2.24, 2.45) is 0 Å². The molecule has 2 rings (SSSR count). The van der Waals surface area contributed by atoms with E-state index in [4.69, 9.17) is 0 Å². The van der Waals surface area contributed by atoms with Gasteiger partial charge in [-0.1, -0.05) is 48.5 Å². The van der Waals surface area contributed by atoms with Gasteiger partial charge in [0.2, 0.25) is 0 Å². The molecule has 1 atom stereocenters. The van der Waals surface area contributed by atoms with E-state index in [1.807, 2.05) is 42.2 Å². The lowest BCUT2D eigenvalue weighted by Gasteiger charge is -2.28. The van der Waals surface area contributed by atoms with Crippen molar-refractivity contribution >= 4 is 9.84 Å². The lowest BCUT2D eigenvalue weighted by molar-refractivity contribution is 0.160. The summed E-state index contributed by atoms with van der Waals surface area (Å²) in [4.78, 5) is 2.34. The fourth-order valence-electron chi connectivity index (χ4n) is 2.55. The lowest BCUT2D eigenvalue weighted by atomic mass is 10.2. The summed E-state index contributed by atoms with van der Waals surface area (Å²) in [6.07, 6.45) is 0. The Morgan fingerprint density at radius 3 is 2.13 bits per heavy atom. The third-order valence-electron chi connectivity index (χ3n) is 3.80. The highest BCUT2D eigenvalue weighted by Crippen LogP contribution is 2.15. The monoisotopic (exact) mass is 333 g/mol. The summed E-state index contributed by atoms with van der Waals surface area (Å²) in [5, 5.41) is 9.29. The molecule has 0 saturated heterocycles. The lowest BCUT2D eigenvalue weighted by Crippen LogP contribution is -2.39. The van der Waals surface area contributed by atoms with Gasteiger partial charge in [0.15, 0.2) is 9.84 Å². The third-order valence-corrected chi connectivity index (χ3v) is 5.71. The predicted octanol–water partition coefficient (Wildman–Crippen LogP) is 2.34. The van der Waals surface area contributed by atoms with E-state index in [0.717, 1.165) is 5.56 Å². The molecular weight excluding hydrogens is 310 g/mol. The Bertz CT molecular complexity index is 687. The van der Waals surface area contributed by atoms with Crippen LogP contribution in [0.15, 0.2) is 65.6 Å². The molecule has 0 aliphatic rings. The first-order valence-corrected chi connectivity index (χ1v) is 9.35. The highest BCUT2D eigenvalue weighted by molar-refractivity contribution is 7.91. The van der Waals surface area contributed by atoms with E-state index in [2.05, 4.69) is 0 Å². The van der Waals surface area contributed by atoms with Gasteiger partial charge in [0.05, 0.1) is 17.3 Å². The number of benzene rings is 2. The maximum Gasteiger partial charge on any atom is 0.179 e. The van der Waals surface area contributed by atoms with Gasteiger partial charge in [-0.25, -0.2) is 8.42 Å². The summed E-state index contributed by atoms with van der Waals surface area (Å²) in [6.45, 7) is 2.95. The molecule has 0 aromatic heterocycles. The summed E-state index contributed by atoms with van der Waals surface area (Å²) in [5.41, 5.74) is 1.10. The second kappa shape index (κ2) is 8.24. The zero-order valence-corrected chi connectivity index (χ0v) is 14.1. The van der Waals surface area contributed by atoms with E-state index in [0.29, 0.717) is 18.0 Å². The molecule has 0 radical (unpaired) electrons. The molecule has 0 fully saturated rings. The van der Waals surface area contributed by atoms with Crippen molar-refractivity contribution in [3.05, 3.63) is 66.2 Å². The molecule has 0 heterocycles. The zero-order valence-electron chi connectivity index (χ0n) is 13.3. The van der Waals surface area contributed by atoms with E-state index in [1.54, 1.807) is 30.3 Å². The van der Waals surface area contributed by atoms with E-state index in [9.17, 15) is 13.5 Å². The molecule has 2 aromatic rings. The number of hydrogen-bond acceptors (Lipinski definition) is 4. The van der Waals surface area contributed by atoms with E-state index < -0.39 is 9.84 Å². The largest absolute Gasteiger partial charge is 0.395 e. The Hall–Kier alpha value is -1.69. The quantitative estimate of drug-likeness (QED) is 0.806. The van der Waals surface area contributed by atoms with Crippen molar-refractivity contribution in [3.63, 3.8) is 0 Å². The predicted molar refractivity (Wildman–Crippen MR) is 91.9 cm³/mol. The first-order chi connectivity index (χ1) is 11.0. The number of nitrogens with zero attached hydrogens (tertiary/aromatic N) is 1. The van der Waals surface area contributed by atoms with Gasteiger partial charge in [-0.3, -0.25) is 4.90 Å². The van der Waals surface area contributed by atoms with Crippen LogP contribution in [0.1, 0.15) is 12.5 Å². The van der Waals surface area contributed by atoms with Gasteiger partial charge >= 0.3 is 0 Å². The molecule has 23 heavy (non-hydrogen) atoms. The summed E-state index contributed by atoms with van der Waals surface area (Å²) >= 11 is 0. The summed E-state index contributed by atoms with van der Waals surface area (Å²) in [7, 11) is -3.34. The van der Waals surface area contributed by atoms with Crippen LogP contribution in [0.3, 0.4) is 0 Å². The standard InChI is InChI=1S/C18H23NO3S/c1-16(15-23(21,22)18-10-6-3-7-11-18)19(12-13-20)14-17-8-4-2-5-9-17/h2-11,16,20H,12-15H2,1H3/t16-/m0/s1. The fourth-order valence-corrected chi connectivity index (χ4v) is 4.16. The second-order valence-electron chi connectivity index (χ2n) is 5.62. The summed E-state index contributed by atoms with van der Waals surface area (Å²) in [6, 6.07) is 18.2. The summed E-state index contributed by atoms with van der Waals surface area (Å²) in [5.74, 6) is 0.0316. The smallest absolute Gasteiger partial charge is 0.179 e. The minimum absolute atomic E-state index is 0.00254. The fraction of sp³-hybridized carbons (Fsp3) is 0.333. The topological polar surface area (TPSA) is 57.6 Å². The number of hydrogen-bond donors (Lipinski definition) is 1. The summed E-state index contributed by atoms with van der Waals surface area (Å²) < 4.78 is 25.0. The van der Waals surface area contributed by atoms with Crippen LogP contribution in [0.25, 0.3) is 0 Å². The van der Waals surface area contributed by atoms with Crippen LogP contribution in [0.2, 0.25) is 0 Å². The molecule has 0 aliphatic heterocycles. The first-order valence-electron chi connectivity index (χ1n) is 7.69. The Morgan fingerprint density at radius 1 is 1.00 bits per heavy atom. The van der Waals surface area contributed by atoms with E-state index in [1.165, 1.54) is 0 Å². The third kappa shape index (κ3) is 5.16. The van der Waals surface area contributed by atoms with Crippen molar-refractivity contribution in [2.75, 3.05) is 18.9 Å². The molecular formula is C18H23NO3S. The maximum atomic E-state index is 12.5. The van der Waals surface area contributed by atoms with Gasteiger partial charge in [0, 0.05) is 19.1 Å². The molecule has 0 spiro atoms. The highest BCUT2D eigenvalue weighted by Gasteiger charge is 2.22. The molecule has 0 amide bonds. The van der Waals surface area contributed by atoms with Crippen molar-refractivity contribution in [2.45, 2.75) is 24.4 Å². The van der Waals surface area contributed by atoms with Gasteiger partial charge in [0.1, 0.15) is 0 Å². The molecule has 0 unspecified atom stereocenters. The van der Waals surface area contributed by atoms with Gasteiger partial charge < -0.3 is 5.11 Å². The molecule has 2 aromatic carbocycles. The van der Waals surface area contributed by atoms with Crippen molar-refractivity contribution in [3.8, 4) is 0 Å². The molecule has 4 nitrogen and oxygen atoms in total. The van der Waals surface area contributed by atoms with Crippen LogP contribution in [-0.2, 0) is 16.4 Å². The van der Waals surface area contributed by atoms with Gasteiger partial charge in [-0.05, 0) is 24.6 Å². The Kier molecular flexibility index (Phi) is 6.33. The first kappa shape index (κ1) is 17.7. The van der Waals surface area contributed by atoms with Crippen LogP contribution in [0.4, 0.5) is 0 Å². The molecule has 1 N–H and O–H groups in total. The average Bonchev–Trinajstić information content (AvgIpc) is 2.56. The Labute approximate surface area is 138 Å². The normalized spacial score (nSPS) is 13.2. The number of aliphatic hydroxyl groups is 1. The number of aliphatic hydroxyl groups excluding tert-OH is 1. The minimum Gasteiger partial charge on any atom is -0.395 e. The number of sulfone groups is 1. The Balaban J connectivity index is 2.10. The molecule has 0 bridgehead atoms. The molecule has 124 valence electrons. The van der Waals surface area contributed by atoms with E-state index in [-0.39, 0.29) is 18.4 Å². The second-order valence-corrected chi connectivity index (χ2v) is 7.66. The molecule has 0 aliphatic carbocycles. The zero-order chi connectivity index (χ0) is 16.7. The van der Waals surface area contributed by atoms with E-state index >= 15 is 0 Å². The highest BCUT2D eigenvalue weighted by atomic mass is 32.2. The molecule has 0 saturated carbocycles. The minimum atomic E-state index is -3.34. The van der Waals surface area contributed by atoms with Crippen LogP contribution >= 0.6 is 0 Å². The van der Waals surface area contributed by atoms with Crippen molar-refractivity contribution < 1.29 is 13.5 Å².